The molecular formula is C20H17F6NO3. The van der Waals surface area contributed by atoms with Crippen molar-refractivity contribution >= 4 is 11.9 Å². The first kappa shape index (κ1) is 23.2. The first-order valence-corrected chi connectivity index (χ1v) is 8.59. The molecule has 2 aromatic rings. The lowest BCUT2D eigenvalue weighted by Crippen LogP contribution is -2.43. The molecule has 30 heavy (non-hydrogen) atoms. The average Bonchev–Trinajstić information content (AvgIpc) is 2.66. The Labute approximate surface area is 167 Å². The molecule has 1 amide bonds. The van der Waals surface area contributed by atoms with Crippen LogP contribution in [0.4, 0.5) is 26.3 Å². The molecular weight excluding hydrogens is 416 g/mol. The van der Waals surface area contributed by atoms with Crippen molar-refractivity contribution < 1.29 is 40.7 Å². The van der Waals surface area contributed by atoms with Gasteiger partial charge in [0.25, 0.3) is 0 Å². The number of alkyl halides is 6. The summed E-state index contributed by atoms with van der Waals surface area (Å²) in [4.78, 5) is 24.2. The lowest BCUT2D eigenvalue weighted by atomic mass is 10.0. The van der Waals surface area contributed by atoms with E-state index in [-0.39, 0.29) is 12.5 Å². The number of carbonyl (C=O) groups excluding carboxylic acids is 2. The number of nitrogens with one attached hydrogen (secondary N) is 1. The fourth-order valence-electron chi connectivity index (χ4n) is 2.74. The van der Waals surface area contributed by atoms with Crippen molar-refractivity contribution in [2.75, 3.05) is 7.11 Å². The van der Waals surface area contributed by atoms with Gasteiger partial charge in [0.1, 0.15) is 6.04 Å². The monoisotopic (exact) mass is 433 g/mol. The fraction of sp³-hybridized carbons (Fsp3) is 0.300. The number of hydrogen-bond donors (Lipinski definition) is 1. The van der Waals surface area contributed by atoms with Gasteiger partial charge in [0.05, 0.1) is 24.7 Å². The van der Waals surface area contributed by atoms with Gasteiger partial charge in [-0.3, -0.25) is 4.79 Å². The largest absolute Gasteiger partial charge is 0.467 e. The summed E-state index contributed by atoms with van der Waals surface area (Å²) in [7, 11) is 1.09. The van der Waals surface area contributed by atoms with Crippen molar-refractivity contribution in [3.8, 4) is 0 Å². The molecule has 0 fully saturated rings. The predicted molar refractivity (Wildman–Crippen MR) is 94.2 cm³/mol. The van der Waals surface area contributed by atoms with Gasteiger partial charge in [-0.2, -0.15) is 26.3 Å². The normalized spacial score (nSPS) is 12.9. The van der Waals surface area contributed by atoms with Crippen LogP contribution in [-0.4, -0.2) is 25.0 Å². The van der Waals surface area contributed by atoms with Crippen LogP contribution in [0.2, 0.25) is 0 Å². The molecule has 1 atom stereocenters. The molecule has 0 aliphatic carbocycles. The molecule has 0 heterocycles. The molecule has 4 nitrogen and oxygen atoms in total. The summed E-state index contributed by atoms with van der Waals surface area (Å²) in [6.45, 7) is 0. The first-order valence-electron chi connectivity index (χ1n) is 8.59. The summed E-state index contributed by atoms with van der Waals surface area (Å²) >= 11 is 0. The number of ether oxygens (including phenoxy) is 1. The highest BCUT2D eigenvalue weighted by Crippen LogP contribution is 2.36. The van der Waals surface area contributed by atoms with Gasteiger partial charge in [-0.05, 0) is 29.3 Å². The second-order valence-corrected chi connectivity index (χ2v) is 6.42. The van der Waals surface area contributed by atoms with E-state index in [9.17, 15) is 35.9 Å². The van der Waals surface area contributed by atoms with Crippen molar-refractivity contribution in [3.05, 3.63) is 70.8 Å². The molecule has 0 spiro atoms. The number of hydrogen-bond acceptors (Lipinski definition) is 3. The van der Waals surface area contributed by atoms with E-state index >= 15 is 0 Å². The third kappa shape index (κ3) is 6.50. The zero-order valence-corrected chi connectivity index (χ0v) is 15.6. The van der Waals surface area contributed by atoms with Crippen LogP contribution >= 0.6 is 0 Å². The van der Waals surface area contributed by atoms with Crippen LogP contribution in [0.5, 0.6) is 0 Å². The van der Waals surface area contributed by atoms with Gasteiger partial charge in [-0.25, -0.2) is 4.79 Å². The van der Waals surface area contributed by atoms with Gasteiger partial charge in [0, 0.05) is 6.42 Å². The second kappa shape index (κ2) is 9.19. The van der Waals surface area contributed by atoms with Crippen LogP contribution in [0.1, 0.15) is 22.3 Å². The Bertz CT molecular complexity index is 861. The maximum Gasteiger partial charge on any atom is 0.416 e. The minimum atomic E-state index is -5.02. The Hall–Kier alpha value is -3.04. The lowest BCUT2D eigenvalue weighted by Gasteiger charge is -2.18. The molecule has 0 bridgehead atoms. The summed E-state index contributed by atoms with van der Waals surface area (Å²) in [5, 5.41) is 2.31. The van der Waals surface area contributed by atoms with Gasteiger partial charge in [-0.15, -0.1) is 0 Å². The van der Waals surface area contributed by atoms with E-state index in [1.54, 1.807) is 30.3 Å². The van der Waals surface area contributed by atoms with Gasteiger partial charge < -0.3 is 10.1 Å². The van der Waals surface area contributed by atoms with Gasteiger partial charge >= 0.3 is 18.3 Å². The van der Waals surface area contributed by atoms with Crippen LogP contribution in [0.3, 0.4) is 0 Å². The molecule has 0 saturated carbocycles. The number of benzene rings is 2. The van der Waals surface area contributed by atoms with E-state index in [1.165, 1.54) is 0 Å². The fourth-order valence-corrected chi connectivity index (χ4v) is 2.74. The zero-order valence-electron chi connectivity index (χ0n) is 15.6. The molecule has 0 saturated heterocycles. The molecule has 2 aromatic carbocycles. The number of esters is 1. The van der Waals surface area contributed by atoms with Crippen molar-refractivity contribution in [2.45, 2.75) is 31.2 Å². The predicted octanol–water partition coefficient (Wildman–Crippen LogP) is 4.17. The second-order valence-electron chi connectivity index (χ2n) is 6.42. The number of methoxy groups -OCH3 is 1. The molecule has 10 heteroatoms. The highest BCUT2D eigenvalue weighted by molar-refractivity contribution is 5.85. The summed E-state index contributed by atoms with van der Waals surface area (Å²) in [6.07, 6.45) is -10.8. The summed E-state index contributed by atoms with van der Waals surface area (Å²) in [5.41, 5.74) is -2.85. The Kier molecular flexibility index (Phi) is 7.12. The summed E-state index contributed by atoms with van der Waals surface area (Å²) in [6, 6.07) is 8.28. The van der Waals surface area contributed by atoms with Crippen LogP contribution in [0.25, 0.3) is 0 Å². The smallest absolute Gasteiger partial charge is 0.416 e. The van der Waals surface area contributed by atoms with Crippen molar-refractivity contribution in [1.82, 2.24) is 5.32 Å². The maximum absolute atomic E-state index is 12.9. The van der Waals surface area contributed by atoms with E-state index in [0.717, 1.165) is 7.11 Å². The number of halogens is 6. The number of carbonyl (C=O) groups is 2. The van der Waals surface area contributed by atoms with Crippen LogP contribution in [-0.2, 0) is 39.5 Å². The molecule has 0 aliphatic rings. The Morgan fingerprint density at radius 2 is 1.43 bits per heavy atom. The average molecular weight is 433 g/mol. The number of rotatable bonds is 6. The highest BCUT2D eigenvalue weighted by atomic mass is 19.4. The number of amides is 1. The van der Waals surface area contributed by atoms with Crippen LogP contribution in [0.15, 0.2) is 48.5 Å². The summed E-state index contributed by atoms with van der Waals surface area (Å²) < 4.78 is 82.3. The van der Waals surface area contributed by atoms with E-state index in [2.05, 4.69) is 10.1 Å². The van der Waals surface area contributed by atoms with E-state index in [1.807, 2.05) is 0 Å². The molecule has 0 aliphatic heterocycles. The molecule has 0 unspecified atom stereocenters. The highest BCUT2D eigenvalue weighted by Gasteiger charge is 2.37. The topological polar surface area (TPSA) is 55.4 Å². The van der Waals surface area contributed by atoms with Crippen LogP contribution < -0.4 is 5.32 Å². The van der Waals surface area contributed by atoms with Crippen molar-refractivity contribution in [3.63, 3.8) is 0 Å². The Morgan fingerprint density at radius 1 is 0.900 bits per heavy atom. The van der Waals surface area contributed by atoms with Crippen molar-refractivity contribution in [2.24, 2.45) is 0 Å². The minimum absolute atomic E-state index is 0.0198. The van der Waals surface area contributed by atoms with Gasteiger partial charge in [-0.1, -0.05) is 30.3 Å². The summed E-state index contributed by atoms with van der Waals surface area (Å²) in [5.74, 6) is -1.72. The van der Waals surface area contributed by atoms with Gasteiger partial charge in [0.15, 0.2) is 0 Å². The minimum Gasteiger partial charge on any atom is -0.467 e. The first-order chi connectivity index (χ1) is 13.9. The molecule has 0 radical (unpaired) electrons. The quantitative estimate of drug-likeness (QED) is 0.550. The van der Waals surface area contributed by atoms with E-state index in [4.69, 9.17) is 0 Å². The SMILES string of the molecule is COC(=O)[C@H](Cc1ccccc1)NC(=O)Cc1cc(C(F)(F)F)cc(C(F)(F)F)c1. The third-order valence-corrected chi connectivity index (χ3v) is 4.12. The maximum atomic E-state index is 12.9. The molecule has 0 aromatic heterocycles. The Balaban J connectivity index is 2.23. The van der Waals surface area contributed by atoms with E-state index in [0.29, 0.717) is 17.7 Å². The molecule has 2 rings (SSSR count). The standard InChI is InChI=1S/C20H17F6NO3/c1-30-18(29)16(9-12-5-3-2-4-6-12)27-17(28)10-13-7-14(19(21,22)23)11-15(8-13)20(24,25)26/h2-8,11,16H,9-10H2,1H3,(H,27,28)/t16-/m0/s1. The molecule has 162 valence electrons. The zero-order chi connectivity index (χ0) is 22.5. The van der Waals surface area contributed by atoms with Gasteiger partial charge in [0.2, 0.25) is 5.91 Å². The van der Waals surface area contributed by atoms with Crippen LogP contribution in [0, 0.1) is 0 Å². The molecule has 1 N–H and O–H groups in total. The van der Waals surface area contributed by atoms with Crippen molar-refractivity contribution in [1.29, 1.82) is 0 Å². The lowest BCUT2D eigenvalue weighted by molar-refractivity contribution is -0.145. The third-order valence-electron chi connectivity index (χ3n) is 4.12. The Morgan fingerprint density at radius 3 is 1.90 bits per heavy atom. The van der Waals surface area contributed by atoms with E-state index < -0.39 is 53.4 Å².